The van der Waals surface area contributed by atoms with Crippen LogP contribution in [0.25, 0.3) is 0 Å². The molecule has 0 unspecified atom stereocenters. The molecule has 0 radical (unpaired) electrons. The molecule has 1 nitrogen and oxygen atoms in total. The van der Waals surface area contributed by atoms with E-state index in [4.69, 9.17) is 16.3 Å². The Bertz CT molecular complexity index is 409. The predicted molar refractivity (Wildman–Crippen MR) is 55.5 cm³/mol. The van der Waals surface area contributed by atoms with Crippen molar-refractivity contribution in [1.82, 2.24) is 0 Å². The molecule has 0 aliphatic heterocycles. The van der Waals surface area contributed by atoms with Gasteiger partial charge in [0.15, 0.2) is 0 Å². The standard InChI is InChI=1S/C11H8ClF3O/c12-5-1-2-8-3-4-9(13)6-10(8)16-7-11(14)15/h3-4,6,11H,5,7H2. The zero-order valence-electron chi connectivity index (χ0n) is 8.14. The Morgan fingerprint density at radius 1 is 1.38 bits per heavy atom. The molecule has 0 aliphatic carbocycles. The Morgan fingerprint density at radius 2 is 2.12 bits per heavy atom. The van der Waals surface area contributed by atoms with Crippen LogP contribution >= 0.6 is 11.6 Å². The number of halogens is 4. The van der Waals surface area contributed by atoms with E-state index < -0.39 is 18.8 Å². The minimum Gasteiger partial charge on any atom is -0.486 e. The van der Waals surface area contributed by atoms with E-state index in [-0.39, 0.29) is 11.6 Å². The van der Waals surface area contributed by atoms with E-state index in [1.165, 1.54) is 12.1 Å². The Kier molecular flexibility index (Phi) is 5.00. The maximum Gasteiger partial charge on any atom is 0.272 e. The van der Waals surface area contributed by atoms with E-state index >= 15 is 0 Å². The lowest BCUT2D eigenvalue weighted by Gasteiger charge is -2.07. The van der Waals surface area contributed by atoms with E-state index in [1.807, 2.05) is 0 Å². The molecule has 0 fully saturated rings. The fourth-order valence-corrected chi connectivity index (χ4v) is 1.07. The van der Waals surface area contributed by atoms with Crippen LogP contribution in [0.1, 0.15) is 5.56 Å². The number of hydrogen-bond acceptors (Lipinski definition) is 1. The van der Waals surface area contributed by atoms with Crippen LogP contribution in [-0.2, 0) is 0 Å². The molecule has 0 spiro atoms. The second-order valence-electron chi connectivity index (χ2n) is 2.78. The molecule has 0 saturated carbocycles. The first-order chi connectivity index (χ1) is 7.63. The van der Waals surface area contributed by atoms with Crippen molar-refractivity contribution in [3.8, 4) is 17.6 Å². The van der Waals surface area contributed by atoms with Gasteiger partial charge in [-0.15, -0.1) is 11.6 Å². The van der Waals surface area contributed by atoms with Gasteiger partial charge in [-0.25, -0.2) is 13.2 Å². The summed E-state index contributed by atoms with van der Waals surface area (Å²) in [6.07, 6.45) is -2.61. The Labute approximate surface area is 96.2 Å². The van der Waals surface area contributed by atoms with Crippen LogP contribution in [0.15, 0.2) is 18.2 Å². The van der Waals surface area contributed by atoms with Gasteiger partial charge in [0.25, 0.3) is 6.43 Å². The average Bonchev–Trinajstić information content (AvgIpc) is 2.25. The van der Waals surface area contributed by atoms with Gasteiger partial charge >= 0.3 is 0 Å². The highest BCUT2D eigenvalue weighted by atomic mass is 35.5. The number of benzene rings is 1. The molecule has 0 N–H and O–H groups in total. The van der Waals surface area contributed by atoms with Gasteiger partial charge in [-0.05, 0) is 12.1 Å². The highest BCUT2D eigenvalue weighted by Crippen LogP contribution is 2.19. The molecule has 5 heteroatoms. The SMILES string of the molecule is Fc1ccc(C#CCCl)c(OCC(F)F)c1. The van der Waals surface area contributed by atoms with Crippen LogP contribution in [0.4, 0.5) is 13.2 Å². The second-order valence-corrected chi connectivity index (χ2v) is 3.05. The van der Waals surface area contributed by atoms with Crippen LogP contribution in [0.2, 0.25) is 0 Å². The molecule has 0 aromatic heterocycles. The van der Waals surface area contributed by atoms with Crippen molar-refractivity contribution in [2.24, 2.45) is 0 Å². The number of rotatable bonds is 3. The Hall–Kier alpha value is -1.34. The van der Waals surface area contributed by atoms with E-state index in [0.717, 1.165) is 6.07 Å². The first kappa shape index (κ1) is 12.7. The van der Waals surface area contributed by atoms with Crippen molar-refractivity contribution in [1.29, 1.82) is 0 Å². The van der Waals surface area contributed by atoms with Crippen LogP contribution < -0.4 is 4.74 Å². The lowest BCUT2D eigenvalue weighted by molar-refractivity contribution is 0.0816. The summed E-state index contributed by atoms with van der Waals surface area (Å²) in [5.41, 5.74) is 0.336. The topological polar surface area (TPSA) is 9.23 Å². The van der Waals surface area contributed by atoms with Crippen LogP contribution in [0.5, 0.6) is 5.75 Å². The smallest absolute Gasteiger partial charge is 0.272 e. The lowest BCUT2D eigenvalue weighted by atomic mass is 10.2. The molecular weight excluding hydrogens is 241 g/mol. The van der Waals surface area contributed by atoms with Gasteiger partial charge in [0.1, 0.15) is 18.2 Å². The zero-order chi connectivity index (χ0) is 12.0. The molecule has 0 atom stereocenters. The summed E-state index contributed by atoms with van der Waals surface area (Å²) >= 11 is 5.35. The van der Waals surface area contributed by atoms with Gasteiger partial charge in [0, 0.05) is 6.07 Å². The van der Waals surface area contributed by atoms with Crippen molar-refractivity contribution in [3.05, 3.63) is 29.6 Å². The molecular formula is C11H8ClF3O. The molecule has 1 aromatic rings. The van der Waals surface area contributed by atoms with Crippen LogP contribution in [0.3, 0.4) is 0 Å². The summed E-state index contributed by atoms with van der Waals surface area (Å²) in [6.45, 7) is -0.793. The summed E-state index contributed by atoms with van der Waals surface area (Å²) in [5.74, 6) is 4.67. The van der Waals surface area contributed by atoms with Gasteiger partial charge in [-0.3, -0.25) is 0 Å². The second kappa shape index (κ2) is 6.29. The zero-order valence-corrected chi connectivity index (χ0v) is 8.90. The van der Waals surface area contributed by atoms with E-state index in [9.17, 15) is 13.2 Å². The minimum atomic E-state index is -2.61. The van der Waals surface area contributed by atoms with Crippen LogP contribution in [0, 0.1) is 17.7 Å². The molecule has 0 aliphatic rings. The van der Waals surface area contributed by atoms with Crippen molar-refractivity contribution < 1.29 is 17.9 Å². The summed E-state index contributed by atoms with van der Waals surface area (Å²) < 4.78 is 41.5. The quantitative estimate of drug-likeness (QED) is 0.590. The highest BCUT2D eigenvalue weighted by Gasteiger charge is 2.07. The van der Waals surface area contributed by atoms with Gasteiger partial charge in [0.2, 0.25) is 0 Å². The van der Waals surface area contributed by atoms with Crippen molar-refractivity contribution in [2.75, 3.05) is 12.5 Å². The maximum absolute atomic E-state index is 12.9. The summed E-state index contributed by atoms with van der Waals surface area (Å²) in [5, 5.41) is 0. The number of ether oxygens (including phenoxy) is 1. The molecule has 86 valence electrons. The third-order valence-corrected chi connectivity index (χ3v) is 1.73. The summed E-state index contributed by atoms with van der Waals surface area (Å²) in [4.78, 5) is 0. The molecule has 0 heterocycles. The molecule has 0 bridgehead atoms. The molecule has 1 aromatic carbocycles. The van der Waals surface area contributed by atoms with Crippen molar-refractivity contribution >= 4 is 11.6 Å². The maximum atomic E-state index is 12.9. The van der Waals surface area contributed by atoms with Gasteiger partial charge in [-0.2, -0.15) is 0 Å². The minimum absolute atomic E-state index is 0.00193. The predicted octanol–water partition coefficient (Wildman–Crippen LogP) is 3.06. The Morgan fingerprint density at radius 3 is 2.75 bits per heavy atom. The van der Waals surface area contributed by atoms with E-state index in [1.54, 1.807) is 0 Å². The first-order valence-electron chi connectivity index (χ1n) is 4.39. The van der Waals surface area contributed by atoms with Crippen LogP contribution in [-0.4, -0.2) is 18.9 Å². The van der Waals surface area contributed by atoms with E-state index in [2.05, 4.69) is 11.8 Å². The third kappa shape index (κ3) is 4.03. The van der Waals surface area contributed by atoms with Gasteiger partial charge in [0.05, 0.1) is 11.4 Å². The van der Waals surface area contributed by atoms with E-state index in [0.29, 0.717) is 5.56 Å². The highest BCUT2D eigenvalue weighted by molar-refractivity contribution is 6.19. The summed E-state index contributed by atoms with van der Waals surface area (Å²) in [7, 11) is 0. The summed E-state index contributed by atoms with van der Waals surface area (Å²) in [6, 6.07) is 3.55. The molecule has 16 heavy (non-hydrogen) atoms. The number of alkyl halides is 3. The number of hydrogen-bond donors (Lipinski definition) is 0. The largest absolute Gasteiger partial charge is 0.486 e. The average molecular weight is 249 g/mol. The monoisotopic (exact) mass is 248 g/mol. The van der Waals surface area contributed by atoms with Crippen molar-refractivity contribution in [3.63, 3.8) is 0 Å². The molecule has 0 saturated heterocycles. The van der Waals surface area contributed by atoms with Gasteiger partial charge in [-0.1, -0.05) is 11.8 Å². The fraction of sp³-hybridized carbons (Fsp3) is 0.273. The first-order valence-corrected chi connectivity index (χ1v) is 4.92. The third-order valence-electron chi connectivity index (χ3n) is 1.60. The fourth-order valence-electron chi connectivity index (χ4n) is 1.00. The molecule has 1 rings (SSSR count). The normalized spacial score (nSPS) is 9.81. The van der Waals surface area contributed by atoms with Gasteiger partial charge < -0.3 is 4.74 Å². The lowest BCUT2D eigenvalue weighted by Crippen LogP contribution is -2.08. The molecule has 0 amide bonds. The van der Waals surface area contributed by atoms with Crippen molar-refractivity contribution in [2.45, 2.75) is 6.43 Å². The Balaban J connectivity index is 2.89.